The van der Waals surface area contributed by atoms with Gasteiger partial charge >= 0.3 is 0 Å². The van der Waals surface area contributed by atoms with Crippen molar-refractivity contribution < 1.29 is 10.2 Å². The first-order valence-corrected chi connectivity index (χ1v) is 7.32. The number of benzene rings is 2. The number of imidazole rings is 1. The van der Waals surface area contributed by atoms with E-state index in [4.69, 9.17) is 0 Å². The molecule has 0 aliphatic heterocycles. The Labute approximate surface area is 134 Å². The van der Waals surface area contributed by atoms with Crippen molar-refractivity contribution in [3.05, 3.63) is 59.9 Å². The van der Waals surface area contributed by atoms with Gasteiger partial charge in [0.15, 0.2) is 0 Å². The molecule has 0 unspecified atom stereocenters. The van der Waals surface area contributed by atoms with Crippen molar-refractivity contribution >= 4 is 16.7 Å². The van der Waals surface area contributed by atoms with Crippen LogP contribution in [-0.2, 0) is 13.6 Å². The number of phenolic OH excluding ortho intramolecular Hbond substituents is 2. The maximum atomic E-state index is 10.2. The molecule has 0 spiro atoms. The summed E-state index contributed by atoms with van der Waals surface area (Å²) >= 11 is 0. The smallest absolute Gasteiger partial charge is 0.122 e. The Morgan fingerprint density at radius 2 is 1.96 bits per heavy atom. The zero-order valence-corrected chi connectivity index (χ0v) is 13.2. The summed E-state index contributed by atoms with van der Waals surface area (Å²) in [6.45, 7) is 6.31. The number of fused-ring (bicyclic) bond motifs is 1. The zero-order chi connectivity index (χ0) is 16.6. The number of hydrogen-bond donors (Lipinski definition) is 3. The highest BCUT2D eigenvalue weighted by Gasteiger charge is 2.11. The minimum atomic E-state index is 0.225. The second kappa shape index (κ2) is 5.68. The van der Waals surface area contributed by atoms with Crippen LogP contribution in [0.1, 0.15) is 16.7 Å². The summed E-state index contributed by atoms with van der Waals surface area (Å²) in [6, 6.07) is 8.78. The first kappa shape index (κ1) is 15.0. The van der Waals surface area contributed by atoms with Gasteiger partial charge in [0.25, 0.3) is 0 Å². The molecule has 2 aromatic carbocycles. The molecule has 0 aliphatic rings. The molecule has 23 heavy (non-hydrogen) atoms. The fraction of sp³-hybridized carbons (Fsp3) is 0.167. The molecule has 5 nitrogen and oxygen atoms in total. The van der Waals surface area contributed by atoms with Gasteiger partial charge in [0.05, 0.1) is 17.4 Å². The lowest BCUT2D eigenvalue weighted by Crippen LogP contribution is -2.12. The van der Waals surface area contributed by atoms with Crippen molar-refractivity contribution in [1.29, 1.82) is 0 Å². The van der Waals surface area contributed by atoms with E-state index in [1.807, 2.05) is 30.7 Å². The first-order chi connectivity index (χ1) is 11.0. The third kappa shape index (κ3) is 2.73. The van der Waals surface area contributed by atoms with Gasteiger partial charge in [0, 0.05) is 24.9 Å². The summed E-state index contributed by atoms with van der Waals surface area (Å²) < 4.78 is 1.89. The molecule has 0 bridgehead atoms. The molecule has 3 N–H and O–H groups in total. The Kier molecular flexibility index (Phi) is 3.70. The molecular weight excluding hydrogens is 290 g/mol. The zero-order valence-electron chi connectivity index (χ0n) is 13.2. The molecule has 3 rings (SSSR count). The standard InChI is InChI=1S/C18H19N3O2/c1-11-8-13(4-6-16(11)22)12(2)19-9-14-17(23)7-5-15-18(14)21(3)10-20-15/h4-8,10,19,22-23H,2,9H2,1,3H3. The normalized spacial score (nSPS) is 10.9. The fourth-order valence-electron chi connectivity index (χ4n) is 2.63. The van der Waals surface area contributed by atoms with Gasteiger partial charge in [-0.2, -0.15) is 0 Å². The minimum absolute atomic E-state index is 0.225. The molecular formula is C18H19N3O2. The predicted molar refractivity (Wildman–Crippen MR) is 91.1 cm³/mol. The summed E-state index contributed by atoms with van der Waals surface area (Å²) in [5, 5.41) is 23.0. The van der Waals surface area contributed by atoms with E-state index in [0.717, 1.165) is 33.4 Å². The van der Waals surface area contributed by atoms with Crippen LogP contribution in [0.15, 0.2) is 43.2 Å². The lowest BCUT2D eigenvalue weighted by Gasteiger charge is -2.13. The highest BCUT2D eigenvalue weighted by Crippen LogP contribution is 2.27. The van der Waals surface area contributed by atoms with Crippen LogP contribution in [0, 0.1) is 6.92 Å². The molecule has 0 fully saturated rings. The van der Waals surface area contributed by atoms with Gasteiger partial charge in [0.1, 0.15) is 11.5 Å². The van der Waals surface area contributed by atoms with E-state index in [2.05, 4.69) is 16.9 Å². The lowest BCUT2D eigenvalue weighted by molar-refractivity contribution is 0.468. The summed E-state index contributed by atoms with van der Waals surface area (Å²) in [5.74, 6) is 0.488. The van der Waals surface area contributed by atoms with E-state index in [1.165, 1.54) is 0 Å². The molecule has 5 heteroatoms. The Bertz CT molecular complexity index is 897. The third-order valence-corrected chi connectivity index (χ3v) is 3.98. The monoisotopic (exact) mass is 309 g/mol. The minimum Gasteiger partial charge on any atom is -0.508 e. The van der Waals surface area contributed by atoms with Crippen molar-refractivity contribution in [1.82, 2.24) is 14.9 Å². The van der Waals surface area contributed by atoms with Crippen LogP contribution in [0.2, 0.25) is 0 Å². The molecule has 0 saturated carbocycles. The number of nitrogens with zero attached hydrogens (tertiary/aromatic N) is 2. The summed E-state index contributed by atoms with van der Waals surface area (Å²) in [7, 11) is 1.90. The van der Waals surface area contributed by atoms with E-state index in [9.17, 15) is 10.2 Å². The largest absolute Gasteiger partial charge is 0.508 e. The second-order valence-electron chi connectivity index (χ2n) is 5.62. The van der Waals surface area contributed by atoms with E-state index < -0.39 is 0 Å². The van der Waals surface area contributed by atoms with Crippen LogP contribution in [0.3, 0.4) is 0 Å². The van der Waals surface area contributed by atoms with Gasteiger partial charge in [0.2, 0.25) is 0 Å². The second-order valence-corrected chi connectivity index (χ2v) is 5.62. The van der Waals surface area contributed by atoms with Crippen LogP contribution in [0.25, 0.3) is 16.7 Å². The topological polar surface area (TPSA) is 70.3 Å². The average Bonchev–Trinajstić information content (AvgIpc) is 2.90. The molecule has 3 aromatic rings. The van der Waals surface area contributed by atoms with E-state index >= 15 is 0 Å². The summed E-state index contributed by atoms with van der Waals surface area (Å²) in [6.07, 6.45) is 1.73. The highest BCUT2D eigenvalue weighted by atomic mass is 16.3. The van der Waals surface area contributed by atoms with E-state index in [1.54, 1.807) is 24.5 Å². The fourth-order valence-corrected chi connectivity index (χ4v) is 2.63. The first-order valence-electron chi connectivity index (χ1n) is 7.32. The van der Waals surface area contributed by atoms with Crippen molar-refractivity contribution in [3.8, 4) is 11.5 Å². The Balaban J connectivity index is 1.85. The Morgan fingerprint density at radius 3 is 2.70 bits per heavy atom. The van der Waals surface area contributed by atoms with Gasteiger partial charge in [-0.1, -0.05) is 6.58 Å². The molecule has 0 atom stereocenters. The SMILES string of the molecule is C=C(NCc1c(O)ccc2ncn(C)c12)c1ccc(O)c(C)c1. The van der Waals surface area contributed by atoms with Gasteiger partial charge < -0.3 is 20.1 Å². The number of aryl methyl sites for hydroxylation is 2. The molecule has 118 valence electrons. The van der Waals surface area contributed by atoms with Crippen LogP contribution in [0.5, 0.6) is 11.5 Å². The van der Waals surface area contributed by atoms with Gasteiger partial charge in [-0.3, -0.25) is 0 Å². The number of hydrogen-bond acceptors (Lipinski definition) is 4. The Hall–Kier alpha value is -2.95. The van der Waals surface area contributed by atoms with Crippen molar-refractivity contribution in [2.24, 2.45) is 7.05 Å². The van der Waals surface area contributed by atoms with Crippen molar-refractivity contribution in [3.63, 3.8) is 0 Å². The van der Waals surface area contributed by atoms with E-state index in [0.29, 0.717) is 6.54 Å². The maximum Gasteiger partial charge on any atom is 0.122 e. The lowest BCUT2D eigenvalue weighted by atomic mass is 10.1. The predicted octanol–water partition coefficient (Wildman–Crippen LogP) is 3.05. The van der Waals surface area contributed by atoms with Crippen molar-refractivity contribution in [2.45, 2.75) is 13.5 Å². The molecule has 0 aliphatic carbocycles. The molecule has 0 radical (unpaired) electrons. The maximum absolute atomic E-state index is 10.2. The van der Waals surface area contributed by atoms with Crippen LogP contribution >= 0.6 is 0 Å². The quantitative estimate of drug-likeness (QED) is 0.693. The van der Waals surface area contributed by atoms with Crippen LogP contribution in [0.4, 0.5) is 0 Å². The molecule has 0 amide bonds. The molecule has 1 heterocycles. The number of rotatable bonds is 4. The summed E-state index contributed by atoms with van der Waals surface area (Å²) in [5.41, 5.74) is 4.94. The number of aromatic hydroxyl groups is 2. The van der Waals surface area contributed by atoms with Gasteiger partial charge in [-0.25, -0.2) is 4.98 Å². The van der Waals surface area contributed by atoms with Crippen molar-refractivity contribution in [2.75, 3.05) is 0 Å². The number of aromatic nitrogens is 2. The van der Waals surface area contributed by atoms with E-state index in [-0.39, 0.29) is 11.5 Å². The summed E-state index contributed by atoms with van der Waals surface area (Å²) in [4.78, 5) is 4.30. The number of nitrogens with one attached hydrogen (secondary N) is 1. The third-order valence-electron chi connectivity index (χ3n) is 3.98. The molecule has 1 aromatic heterocycles. The van der Waals surface area contributed by atoms with Gasteiger partial charge in [-0.15, -0.1) is 0 Å². The van der Waals surface area contributed by atoms with Gasteiger partial charge in [-0.05, 0) is 48.4 Å². The number of phenols is 2. The van der Waals surface area contributed by atoms with Crippen LogP contribution in [-0.4, -0.2) is 19.8 Å². The van der Waals surface area contributed by atoms with Crippen LogP contribution < -0.4 is 5.32 Å². The average molecular weight is 309 g/mol. The molecule has 0 saturated heterocycles. The highest BCUT2D eigenvalue weighted by molar-refractivity contribution is 5.81. The Morgan fingerprint density at radius 1 is 1.22 bits per heavy atom.